The summed E-state index contributed by atoms with van der Waals surface area (Å²) in [5.41, 5.74) is 13.6. The van der Waals surface area contributed by atoms with E-state index in [0.717, 1.165) is 32.1 Å². The fourth-order valence-corrected chi connectivity index (χ4v) is 8.84. The van der Waals surface area contributed by atoms with E-state index in [0.29, 0.717) is 18.0 Å². The van der Waals surface area contributed by atoms with Gasteiger partial charge in [-0.25, -0.2) is 0 Å². The Labute approximate surface area is 284 Å². The van der Waals surface area contributed by atoms with E-state index in [1.165, 1.54) is 77.2 Å². The lowest BCUT2D eigenvalue weighted by Crippen LogP contribution is -2.36. The number of anilines is 2. The van der Waals surface area contributed by atoms with Crippen molar-refractivity contribution in [2.24, 2.45) is 0 Å². The van der Waals surface area contributed by atoms with Crippen molar-refractivity contribution in [1.82, 2.24) is 0 Å². The first-order chi connectivity index (χ1) is 23.6. The van der Waals surface area contributed by atoms with Crippen LogP contribution >= 0.6 is 0 Å². The number of hydrogen-bond donors (Lipinski definition) is 1. The Hall–Kier alpha value is -5.08. The van der Waals surface area contributed by atoms with Crippen molar-refractivity contribution in [3.05, 3.63) is 160 Å². The van der Waals surface area contributed by atoms with Crippen LogP contribution < -0.4 is 20.7 Å². The van der Waals surface area contributed by atoms with Gasteiger partial charge in [0.1, 0.15) is 0 Å². The second-order valence-electron chi connectivity index (χ2n) is 14.1. The van der Waals surface area contributed by atoms with Gasteiger partial charge in [-0.05, 0) is 108 Å². The summed E-state index contributed by atoms with van der Waals surface area (Å²) < 4.78 is 0. The van der Waals surface area contributed by atoms with Gasteiger partial charge in [0.25, 0.3) is 0 Å². The van der Waals surface area contributed by atoms with Crippen molar-refractivity contribution in [3.63, 3.8) is 0 Å². The van der Waals surface area contributed by atoms with Gasteiger partial charge < -0.3 is 10.2 Å². The van der Waals surface area contributed by atoms with Gasteiger partial charge in [0.2, 0.25) is 0 Å². The molecule has 0 radical (unpaired) electrons. The Kier molecular flexibility index (Phi) is 7.19. The first-order valence-corrected chi connectivity index (χ1v) is 17.8. The molecule has 0 bridgehead atoms. The average Bonchev–Trinajstić information content (AvgIpc) is 3.47. The standard InChI is InChI=1S/C46H42N2/c1-30(26-32-14-6-3-7-15-32)47-42-28-40(33-16-8-4-9-17-33)36-23-25-39-44(48-31(2)27-35-20-12-13-21-43(35)48)29-41(34-18-10-5-11-19-34)37-22-24-38(42)45(36)46(37)39/h4-6,8-21,23-25,28-31,37,47H,3,7,22,26-27H2,1-2H3. The monoisotopic (exact) mass is 622 g/mol. The lowest BCUT2D eigenvalue weighted by atomic mass is 9.74. The summed E-state index contributed by atoms with van der Waals surface area (Å²) >= 11 is 0. The van der Waals surface area contributed by atoms with Gasteiger partial charge in [-0.3, -0.25) is 0 Å². The Morgan fingerprint density at radius 2 is 1.60 bits per heavy atom. The lowest BCUT2D eigenvalue weighted by Gasteiger charge is -2.35. The molecule has 236 valence electrons. The first-order valence-electron chi connectivity index (χ1n) is 17.8. The molecule has 0 saturated carbocycles. The molecule has 1 aliphatic heterocycles. The second kappa shape index (κ2) is 11.9. The van der Waals surface area contributed by atoms with E-state index in [1.54, 1.807) is 0 Å². The Balaban J connectivity index is 1.31. The predicted molar refractivity (Wildman–Crippen MR) is 205 cm³/mol. The number of fused-ring (bicyclic) bond motifs is 1. The van der Waals surface area contributed by atoms with E-state index in [9.17, 15) is 0 Å². The van der Waals surface area contributed by atoms with Crippen LogP contribution in [0.4, 0.5) is 11.4 Å². The summed E-state index contributed by atoms with van der Waals surface area (Å²) in [6.07, 6.45) is 17.5. The molecule has 0 fully saturated rings. The highest BCUT2D eigenvalue weighted by molar-refractivity contribution is 6.05. The number of allylic oxidation sites excluding steroid dienone is 4. The zero-order chi connectivity index (χ0) is 32.2. The Morgan fingerprint density at radius 1 is 0.833 bits per heavy atom. The predicted octanol–water partition coefficient (Wildman–Crippen LogP) is 9.90. The van der Waals surface area contributed by atoms with Crippen LogP contribution in [0.2, 0.25) is 0 Å². The van der Waals surface area contributed by atoms with Crippen LogP contribution in [0.15, 0.2) is 133 Å². The molecule has 0 spiro atoms. The van der Waals surface area contributed by atoms with Crippen LogP contribution in [0.25, 0.3) is 39.2 Å². The molecule has 0 amide bonds. The Bertz CT molecular complexity index is 2270. The summed E-state index contributed by atoms with van der Waals surface area (Å²) in [6, 6.07) is 39.1. The SMILES string of the molecule is CC(CC1=CCCC=C1)Nc1cc(-c2ccccc2)c2ccc3c4c2c1=CCC4C(c1ccccc1)=CC=3N1c2ccccc2CC1C. The number of nitrogens with zero attached hydrogens (tertiary/aromatic N) is 1. The van der Waals surface area contributed by atoms with Crippen LogP contribution in [-0.4, -0.2) is 12.1 Å². The molecular formula is C46H42N2. The third kappa shape index (κ3) is 4.85. The highest BCUT2D eigenvalue weighted by Crippen LogP contribution is 2.46. The van der Waals surface area contributed by atoms with Gasteiger partial charge in [-0.2, -0.15) is 0 Å². The molecule has 3 atom stereocenters. The molecular weight excluding hydrogens is 581 g/mol. The molecule has 1 N–H and O–H groups in total. The minimum atomic E-state index is 0.296. The first kappa shape index (κ1) is 29.1. The van der Waals surface area contributed by atoms with Gasteiger partial charge in [0, 0.05) is 45.5 Å². The fraction of sp³-hybridized carbons (Fsp3) is 0.217. The van der Waals surface area contributed by atoms with E-state index in [4.69, 9.17) is 0 Å². The summed E-state index contributed by atoms with van der Waals surface area (Å²) in [6.45, 7) is 4.72. The summed E-state index contributed by atoms with van der Waals surface area (Å²) in [5.74, 6) is 0.296. The minimum absolute atomic E-state index is 0.296. The maximum absolute atomic E-state index is 4.03. The maximum Gasteiger partial charge on any atom is 0.0493 e. The Morgan fingerprint density at radius 3 is 2.40 bits per heavy atom. The molecule has 3 unspecified atom stereocenters. The van der Waals surface area contributed by atoms with E-state index in [1.807, 2.05) is 0 Å². The lowest BCUT2D eigenvalue weighted by molar-refractivity contribution is 0.759. The van der Waals surface area contributed by atoms with Crippen LogP contribution in [0.3, 0.4) is 0 Å². The van der Waals surface area contributed by atoms with Crippen molar-refractivity contribution >= 4 is 39.5 Å². The number of nitrogens with one attached hydrogen (secondary N) is 1. The molecule has 48 heavy (non-hydrogen) atoms. The summed E-state index contributed by atoms with van der Waals surface area (Å²) in [7, 11) is 0. The third-order valence-corrected chi connectivity index (χ3v) is 10.9. The second-order valence-corrected chi connectivity index (χ2v) is 14.1. The summed E-state index contributed by atoms with van der Waals surface area (Å²) in [5, 5.41) is 9.53. The highest BCUT2D eigenvalue weighted by atomic mass is 15.2. The maximum atomic E-state index is 4.03. The molecule has 9 rings (SSSR count). The minimum Gasteiger partial charge on any atom is -0.382 e. The van der Waals surface area contributed by atoms with E-state index >= 15 is 0 Å². The molecule has 5 aromatic carbocycles. The molecule has 3 aliphatic carbocycles. The summed E-state index contributed by atoms with van der Waals surface area (Å²) in [4.78, 5) is 2.62. The average molecular weight is 623 g/mol. The largest absolute Gasteiger partial charge is 0.382 e. The van der Waals surface area contributed by atoms with E-state index in [2.05, 4.69) is 158 Å². The van der Waals surface area contributed by atoms with E-state index in [-0.39, 0.29) is 0 Å². The van der Waals surface area contributed by atoms with Crippen LogP contribution in [0, 0.1) is 0 Å². The fourth-order valence-electron chi connectivity index (χ4n) is 8.84. The van der Waals surface area contributed by atoms with Gasteiger partial charge in [0.05, 0.1) is 0 Å². The normalized spacial score (nSPS) is 19.8. The highest BCUT2D eigenvalue weighted by Gasteiger charge is 2.34. The molecule has 2 nitrogen and oxygen atoms in total. The smallest absolute Gasteiger partial charge is 0.0493 e. The van der Waals surface area contributed by atoms with Crippen molar-refractivity contribution in [1.29, 1.82) is 0 Å². The zero-order valence-electron chi connectivity index (χ0n) is 27.9. The van der Waals surface area contributed by atoms with Crippen molar-refractivity contribution in [2.75, 3.05) is 10.2 Å². The van der Waals surface area contributed by atoms with Crippen molar-refractivity contribution < 1.29 is 0 Å². The van der Waals surface area contributed by atoms with Gasteiger partial charge in [-0.15, -0.1) is 0 Å². The quantitative estimate of drug-likeness (QED) is 0.194. The van der Waals surface area contributed by atoms with Gasteiger partial charge in [0.15, 0.2) is 0 Å². The zero-order valence-corrected chi connectivity index (χ0v) is 27.9. The third-order valence-electron chi connectivity index (χ3n) is 10.9. The number of para-hydroxylation sites is 1. The van der Waals surface area contributed by atoms with Gasteiger partial charge in [-0.1, -0.05) is 121 Å². The van der Waals surface area contributed by atoms with Crippen molar-refractivity contribution in [3.8, 4) is 11.1 Å². The molecule has 0 aromatic heterocycles. The van der Waals surface area contributed by atoms with Crippen molar-refractivity contribution in [2.45, 2.75) is 64.0 Å². The number of benzene rings is 5. The van der Waals surface area contributed by atoms with Crippen LogP contribution in [0.1, 0.15) is 62.1 Å². The molecule has 1 heterocycles. The van der Waals surface area contributed by atoms with Crippen LogP contribution in [0.5, 0.6) is 0 Å². The molecule has 0 saturated heterocycles. The molecule has 5 aromatic rings. The van der Waals surface area contributed by atoms with Crippen LogP contribution in [-0.2, 0) is 6.42 Å². The topological polar surface area (TPSA) is 15.3 Å². The molecule has 2 heteroatoms. The van der Waals surface area contributed by atoms with Gasteiger partial charge >= 0.3 is 0 Å². The number of hydrogen-bond acceptors (Lipinski definition) is 2. The van der Waals surface area contributed by atoms with E-state index < -0.39 is 0 Å². The number of rotatable bonds is 7. The molecule has 4 aliphatic rings.